The summed E-state index contributed by atoms with van der Waals surface area (Å²) in [6.45, 7) is 85.4. The molecule has 0 aromatic heterocycles. The lowest BCUT2D eigenvalue weighted by molar-refractivity contribution is -0.149. The number of hydrogen-bond acceptors (Lipinski definition) is 10. The van der Waals surface area contributed by atoms with Gasteiger partial charge in [-0.05, 0) is 131 Å². The highest BCUT2D eigenvalue weighted by atomic mass is 28.3. The van der Waals surface area contributed by atoms with Crippen molar-refractivity contribution >= 4 is 37.7 Å². The van der Waals surface area contributed by atoms with Gasteiger partial charge in [-0.3, -0.25) is 24.0 Å². The van der Waals surface area contributed by atoms with Crippen LogP contribution in [-0.4, -0.2) is 62.7 Å². The van der Waals surface area contributed by atoms with Crippen LogP contribution in [0.1, 0.15) is 280 Å². The molecule has 11 heteroatoms. The normalized spacial score (nSPS) is 10.6. The molecular weight excluding hydrogens is 1400 g/mol. The third-order valence-corrected chi connectivity index (χ3v) is 16.8. The van der Waals surface area contributed by atoms with E-state index in [2.05, 4.69) is 257 Å². The van der Waals surface area contributed by atoms with E-state index in [1.807, 2.05) is 109 Å². The minimum absolute atomic E-state index is 0.0371. The minimum atomic E-state index is -0.720. The molecule has 0 radical (unpaired) electrons. The Kier molecular flexibility index (Phi) is 78.3. The highest BCUT2D eigenvalue weighted by molar-refractivity contribution is 6.76. The molecule has 112 heavy (non-hydrogen) atoms. The van der Waals surface area contributed by atoms with Gasteiger partial charge in [-0.15, -0.1) is 6.58 Å². The van der Waals surface area contributed by atoms with Crippen molar-refractivity contribution in [1.29, 1.82) is 0 Å². The highest BCUT2D eigenvalue weighted by Crippen LogP contribution is 2.44. The fraction of sp³-hybridized carbons (Fsp3) is 0.594. The largest absolute Gasteiger partial charge is 0.464 e. The van der Waals surface area contributed by atoms with Crippen LogP contribution in [0.15, 0.2) is 171 Å². The molecule has 10 nitrogen and oxygen atoms in total. The molecule has 0 saturated heterocycles. The number of aliphatic hydroxyl groups is 1. The third kappa shape index (κ3) is 82.5. The van der Waals surface area contributed by atoms with Crippen molar-refractivity contribution in [3.8, 4) is 11.1 Å². The standard InChI is InChI=1S/C18H18O2.C11H14O2.C11H16O.C10H14.C8H14O2.C7H12O2.C7H18Si.C6H12.C5H10O.2C5H12.2C4H10/c1-12(2)18(19)20-11-17-15-9-5-3-7-13(15)14-8-4-6-10-16(14)17;1-9(2)11(12)13-8-10-6-4-3-5-7-10;1-9(2)7-10-3-5-11(8-12)6-4-10;1-9(2)8-10-6-4-3-5-7-10;1-6(2)5-10-8(9)7(3)4;1-4-5-9-7(8)6(2)3;1-7(2)6-8(3,4)5;1-4-5-6(2)3;1-4(2)5(3)6;2*1-4-5(2)3;2*1-4(2)3/h3-10,12,17H,11H2,1-2H3;3-7,9H,8H2,1-2H3;3-6,9,12H,7-8H2,1-2H3;3-7,9H,8H2,1-2H3;7H,1,5H2,2-4H3;4,6H,1,5H2,2-3H3;7H,6H2,1-5H3;4,6H,1,5H2,2-3H3;4H,1-3H3;2*5H,4H2,1-3H3;2*4H,1-3H3. The van der Waals surface area contributed by atoms with Gasteiger partial charge in [0.25, 0.3) is 0 Å². The summed E-state index contributed by atoms with van der Waals surface area (Å²) in [6, 6.07) is 46.6. The van der Waals surface area contributed by atoms with Gasteiger partial charge in [0.05, 0.1) is 30.3 Å². The van der Waals surface area contributed by atoms with Crippen molar-refractivity contribution in [3.63, 3.8) is 0 Å². The van der Waals surface area contributed by atoms with Crippen LogP contribution in [0.4, 0.5) is 0 Å². The zero-order valence-electron chi connectivity index (χ0n) is 78.5. The van der Waals surface area contributed by atoms with E-state index in [0.29, 0.717) is 32.3 Å². The average molecular weight is 1570 g/mol. The van der Waals surface area contributed by atoms with E-state index in [1.165, 1.54) is 58.7 Å². The lowest BCUT2D eigenvalue weighted by Gasteiger charge is -2.17. The number of allylic oxidation sites excluding steroid dienone is 1. The van der Waals surface area contributed by atoms with Crippen molar-refractivity contribution in [2.45, 2.75) is 298 Å². The second-order valence-corrected chi connectivity index (χ2v) is 40.6. The minimum Gasteiger partial charge on any atom is -0.464 e. The zero-order valence-corrected chi connectivity index (χ0v) is 79.5. The van der Waals surface area contributed by atoms with Crippen LogP contribution < -0.4 is 0 Å². The Morgan fingerprint density at radius 3 is 0.982 bits per heavy atom. The Bertz CT molecular complexity index is 3000. The molecule has 0 spiro atoms. The van der Waals surface area contributed by atoms with Gasteiger partial charge in [0, 0.05) is 19.9 Å². The van der Waals surface area contributed by atoms with E-state index in [-0.39, 0.29) is 71.8 Å². The maximum atomic E-state index is 11.7. The highest BCUT2D eigenvalue weighted by Gasteiger charge is 2.29. The number of carbonyl (C=O) groups excluding carboxylic acids is 5. The third-order valence-electron chi connectivity index (χ3n) is 14.7. The van der Waals surface area contributed by atoms with Crippen LogP contribution in [0, 0.1) is 76.9 Å². The van der Waals surface area contributed by atoms with Crippen LogP contribution in [0.2, 0.25) is 25.7 Å². The lowest BCUT2D eigenvalue weighted by atomic mass is 9.98. The van der Waals surface area contributed by atoms with E-state index in [4.69, 9.17) is 24.1 Å². The fourth-order valence-electron chi connectivity index (χ4n) is 8.23. The summed E-state index contributed by atoms with van der Waals surface area (Å²) in [5.41, 5.74) is 10.7. The van der Waals surface area contributed by atoms with Crippen molar-refractivity contribution in [2.24, 2.45) is 76.9 Å². The Labute approximate surface area is 692 Å². The molecule has 0 atom stereocenters. The van der Waals surface area contributed by atoms with Crippen LogP contribution in [0.25, 0.3) is 11.1 Å². The van der Waals surface area contributed by atoms with Crippen LogP contribution in [0.3, 0.4) is 0 Å². The van der Waals surface area contributed by atoms with E-state index in [1.54, 1.807) is 40.7 Å². The molecule has 0 amide bonds. The first-order valence-electron chi connectivity index (χ1n) is 41.9. The Hall–Kier alpha value is -6.95. The number of hydrogen-bond donors (Lipinski definition) is 1. The van der Waals surface area contributed by atoms with Gasteiger partial charge in [0.15, 0.2) is 0 Å². The summed E-state index contributed by atoms with van der Waals surface area (Å²) in [5.74, 6) is 6.38. The van der Waals surface area contributed by atoms with Gasteiger partial charge < -0.3 is 24.1 Å². The van der Waals surface area contributed by atoms with E-state index >= 15 is 0 Å². The Morgan fingerprint density at radius 1 is 0.402 bits per heavy atom. The SMILES string of the molecule is C=C(C)COC(=O)C(C)C.C=CCC(C)C.C=CCOC(=O)C(C)C.CC(=O)C(C)C.CC(C)C.CC(C)C.CC(C)C(=O)OCC1c2ccccc2-c2ccccc21.CC(C)C(=O)OCc1ccccc1.CC(C)C[Si](C)(C)C.CC(C)Cc1ccc(CO)cc1.CC(C)Cc1ccccc1.CCC(C)C.CCC(C)C. The smallest absolute Gasteiger partial charge is 0.308 e. The quantitative estimate of drug-likeness (QED) is 0.0275. The molecule has 6 rings (SSSR count). The van der Waals surface area contributed by atoms with Gasteiger partial charge in [-0.1, -0.05) is 405 Å². The predicted molar refractivity (Wildman–Crippen MR) is 493 cm³/mol. The van der Waals surface area contributed by atoms with Crippen molar-refractivity contribution in [1.82, 2.24) is 0 Å². The number of ether oxygens (including phenoxy) is 4. The molecule has 1 aliphatic carbocycles. The Morgan fingerprint density at radius 2 is 0.714 bits per heavy atom. The molecule has 640 valence electrons. The van der Waals surface area contributed by atoms with Crippen LogP contribution in [0.5, 0.6) is 0 Å². The monoisotopic (exact) mass is 1570 g/mol. The molecular formula is C101H172O10Si. The molecule has 5 aromatic rings. The maximum absolute atomic E-state index is 11.7. The number of Topliss-reactive ketones (excluding diaryl/α,β-unsaturated/α-hetero) is 1. The van der Waals surface area contributed by atoms with E-state index in [0.717, 1.165) is 71.0 Å². The second-order valence-electron chi connectivity index (χ2n) is 35.1. The summed E-state index contributed by atoms with van der Waals surface area (Å²) in [6.07, 6.45) is 9.57. The maximum Gasteiger partial charge on any atom is 0.308 e. The summed E-state index contributed by atoms with van der Waals surface area (Å²) in [5, 5.41) is 8.81. The summed E-state index contributed by atoms with van der Waals surface area (Å²) < 4.78 is 20.0. The first-order chi connectivity index (χ1) is 51.9. The summed E-state index contributed by atoms with van der Waals surface area (Å²) in [7, 11) is -0.720. The summed E-state index contributed by atoms with van der Waals surface area (Å²) in [4.78, 5) is 54.4. The molecule has 1 aliphatic rings. The average Bonchev–Trinajstić information content (AvgIpc) is 1.62. The van der Waals surface area contributed by atoms with Crippen molar-refractivity contribution < 1.29 is 48.0 Å². The number of aliphatic hydroxyl groups excluding tert-OH is 1. The van der Waals surface area contributed by atoms with E-state index < -0.39 is 8.07 Å². The molecule has 0 heterocycles. The van der Waals surface area contributed by atoms with Gasteiger partial charge in [-0.25, -0.2) is 0 Å². The van der Waals surface area contributed by atoms with Crippen LogP contribution in [-0.2, 0) is 69.0 Å². The number of carbonyl (C=O) groups is 5. The number of ketones is 1. The summed E-state index contributed by atoms with van der Waals surface area (Å²) >= 11 is 0. The molecule has 0 saturated carbocycles. The molecule has 0 bridgehead atoms. The Balaban J connectivity index is -0.000000220. The number of benzene rings is 5. The van der Waals surface area contributed by atoms with Gasteiger partial charge >= 0.3 is 23.9 Å². The topological polar surface area (TPSA) is 143 Å². The lowest BCUT2D eigenvalue weighted by Crippen LogP contribution is -2.21. The van der Waals surface area contributed by atoms with E-state index in [9.17, 15) is 24.0 Å². The first-order valence-corrected chi connectivity index (χ1v) is 45.6. The number of fused-ring (bicyclic) bond motifs is 3. The van der Waals surface area contributed by atoms with Crippen LogP contribution >= 0.6 is 0 Å². The molecule has 0 aliphatic heterocycles. The number of esters is 4. The fourth-order valence-corrected chi connectivity index (χ4v) is 10.7. The van der Waals surface area contributed by atoms with Crippen molar-refractivity contribution in [3.05, 3.63) is 204 Å². The zero-order chi connectivity index (χ0) is 88.2. The molecule has 0 unspecified atom stereocenters. The first kappa shape index (κ1) is 118. The molecule has 1 N–H and O–H groups in total. The van der Waals surface area contributed by atoms with Gasteiger partial charge in [-0.2, -0.15) is 0 Å². The second kappa shape index (κ2) is 74.2. The predicted octanol–water partition coefficient (Wildman–Crippen LogP) is 28.6. The van der Waals surface area contributed by atoms with Gasteiger partial charge in [0.1, 0.15) is 32.2 Å². The number of rotatable bonds is 24. The van der Waals surface area contributed by atoms with Gasteiger partial charge in [0.2, 0.25) is 0 Å². The molecule has 5 aromatic carbocycles. The molecule has 0 fully saturated rings. The van der Waals surface area contributed by atoms with Crippen molar-refractivity contribution in [2.75, 3.05) is 19.8 Å².